The molecule has 3 aliphatic rings. The van der Waals surface area contributed by atoms with Crippen LogP contribution in [0.1, 0.15) is 26.7 Å². The number of fused-ring (bicyclic) bond motifs is 1. The van der Waals surface area contributed by atoms with Crippen molar-refractivity contribution in [3.8, 4) is 0 Å². The van der Waals surface area contributed by atoms with Crippen LogP contribution in [0.3, 0.4) is 0 Å². The molecule has 7 nitrogen and oxygen atoms in total. The third-order valence-electron chi connectivity index (χ3n) is 5.59. The van der Waals surface area contributed by atoms with E-state index >= 15 is 0 Å². The maximum Gasteiger partial charge on any atom is 0.249 e. The number of nitrogens with zero attached hydrogens (tertiary/aromatic N) is 1. The summed E-state index contributed by atoms with van der Waals surface area (Å²) in [5.74, 6) is 1.59. The zero-order chi connectivity index (χ0) is 17.4. The Morgan fingerprint density at radius 3 is 2.71 bits per heavy atom. The number of carbonyl (C=O) groups excluding carboxylic acids is 1. The van der Waals surface area contributed by atoms with Crippen LogP contribution in [0.15, 0.2) is 0 Å². The molecule has 3 fully saturated rings. The summed E-state index contributed by atoms with van der Waals surface area (Å²) in [6, 6.07) is 0. The quantitative estimate of drug-likeness (QED) is 0.732. The summed E-state index contributed by atoms with van der Waals surface area (Å²) in [7, 11) is -3.36. The first-order valence-electron chi connectivity index (χ1n) is 8.75. The monoisotopic (exact) mass is 360 g/mol. The van der Waals surface area contributed by atoms with Crippen LogP contribution in [0, 0.1) is 17.8 Å². The minimum atomic E-state index is -3.36. The number of nitrogens with one attached hydrogen (secondary N) is 1. The molecule has 1 amide bonds. The van der Waals surface area contributed by atoms with Crippen LogP contribution in [0.2, 0.25) is 0 Å². The maximum atomic E-state index is 12.4. The first-order valence-corrected chi connectivity index (χ1v) is 10.4. The number of hydrogen-bond acceptors (Lipinski definition) is 5. The van der Waals surface area contributed by atoms with E-state index in [9.17, 15) is 13.2 Å². The fourth-order valence-electron chi connectivity index (χ4n) is 3.93. The highest BCUT2D eigenvalue weighted by atomic mass is 32.2. The molecule has 138 valence electrons. The molecule has 2 heterocycles. The Hall–Kier alpha value is -0.700. The lowest BCUT2D eigenvalue weighted by Crippen LogP contribution is -2.69. The number of ether oxygens (including phenoxy) is 2. The van der Waals surface area contributed by atoms with E-state index < -0.39 is 15.6 Å². The summed E-state index contributed by atoms with van der Waals surface area (Å²) in [5.41, 5.74) is -0.708. The molecule has 0 spiro atoms. The molecule has 0 aromatic heterocycles. The molecule has 0 radical (unpaired) electrons. The Bertz CT molecular complexity index is 569. The standard InChI is InChI=1S/C16H28N2O5S/c1-12(2)14-5-13(6-14)8-24(20,21)17-9-16-10-22-4-3-18(16)15(19)7-23-11-16/h12-14,17H,3-11H2,1-2H3. The van der Waals surface area contributed by atoms with E-state index in [1.54, 1.807) is 4.90 Å². The fourth-order valence-corrected chi connectivity index (χ4v) is 5.43. The molecular weight excluding hydrogens is 332 g/mol. The van der Waals surface area contributed by atoms with Crippen LogP contribution < -0.4 is 4.72 Å². The molecule has 2 aliphatic heterocycles. The highest BCUT2D eigenvalue weighted by Crippen LogP contribution is 2.39. The highest BCUT2D eigenvalue weighted by molar-refractivity contribution is 7.89. The van der Waals surface area contributed by atoms with Crippen molar-refractivity contribution in [2.45, 2.75) is 32.2 Å². The predicted molar refractivity (Wildman–Crippen MR) is 88.9 cm³/mol. The minimum Gasteiger partial charge on any atom is -0.377 e. The van der Waals surface area contributed by atoms with Gasteiger partial charge in [0.1, 0.15) is 12.1 Å². The number of carbonyl (C=O) groups is 1. The summed E-state index contributed by atoms with van der Waals surface area (Å²) < 4.78 is 38.4. The van der Waals surface area contributed by atoms with Gasteiger partial charge in [-0.2, -0.15) is 0 Å². The molecule has 24 heavy (non-hydrogen) atoms. The van der Waals surface area contributed by atoms with Crippen LogP contribution in [-0.2, 0) is 24.3 Å². The molecule has 0 aromatic rings. The number of rotatable bonds is 6. The molecule has 0 bridgehead atoms. The number of hydrogen-bond donors (Lipinski definition) is 1. The molecule has 1 aliphatic carbocycles. The van der Waals surface area contributed by atoms with Crippen molar-refractivity contribution in [2.24, 2.45) is 17.8 Å². The zero-order valence-corrected chi connectivity index (χ0v) is 15.3. The van der Waals surface area contributed by atoms with Crippen molar-refractivity contribution in [3.05, 3.63) is 0 Å². The van der Waals surface area contributed by atoms with E-state index in [0.717, 1.165) is 12.8 Å². The van der Waals surface area contributed by atoms with E-state index in [0.29, 0.717) is 38.2 Å². The van der Waals surface area contributed by atoms with Gasteiger partial charge in [-0.25, -0.2) is 13.1 Å². The fraction of sp³-hybridized carbons (Fsp3) is 0.938. The van der Waals surface area contributed by atoms with Gasteiger partial charge in [-0.1, -0.05) is 13.8 Å². The van der Waals surface area contributed by atoms with Crippen molar-refractivity contribution in [1.29, 1.82) is 0 Å². The first kappa shape index (κ1) is 18.1. The maximum absolute atomic E-state index is 12.4. The molecule has 1 unspecified atom stereocenters. The van der Waals surface area contributed by atoms with Crippen LogP contribution in [0.25, 0.3) is 0 Å². The van der Waals surface area contributed by atoms with E-state index in [4.69, 9.17) is 9.47 Å². The SMILES string of the molecule is CC(C)C1CC(CS(=O)(=O)NCC23COCCN2C(=O)COC3)C1. The van der Waals surface area contributed by atoms with E-state index in [1.165, 1.54) is 0 Å². The van der Waals surface area contributed by atoms with Gasteiger partial charge < -0.3 is 14.4 Å². The molecule has 1 atom stereocenters. The van der Waals surface area contributed by atoms with Crippen molar-refractivity contribution in [1.82, 2.24) is 9.62 Å². The molecule has 2 saturated heterocycles. The largest absolute Gasteiger partial charge is 0.377 e. The average molecular weight is 360 g/mol. The predicted octanol–water partition coefficient (Wildman–Crippen LogP) is 0.216. The minimum absolute atomic E-state index is 0.0627. The van der Waals surface area contributed by atoms with Gasteiger partial charge in [-0.3, -0.25) is 4.79 Å². The van der Waals surface area contributed by atoms with Crippen molar-refractivity contribution in [3.63, 3.8) is 0 Å². The molecule has 8 heteroatoms. The van der Waals surface area contributed by atoms with Gasteiger partial charge in [0.05, 0.1) is 25.6 Å². The van der Waals surface area contributed by atoms with Gasteiger partial charge in [-0.15, -0.1) is 0 Å². The van der Waals surface area contributed by atoms with Crippen molar-refractivity contribution < 1.29 is 22.7 Å². The Morgan fingerprint density at radius 1 is 1.29 bits per heavy atom. The van der Waals surface area contributed by atoms with Gasteiger partial charge in [0, 0.05) is 13.1 Å². The number of sulfonamides is 1. The lowest BCUT2D eigenvalue weighted by atomic mass is 9.70. The Kier molecular flexibility index (Phi) is 5.20. The second-order valence-corrected chi connectivity index (χ2v) is 9.61. The normalized spacial score (nSPS) is 34.1. The summed E-state index contributed by atoms with van der Waals surface area (Å²) in [6.07, 6.45) is 1.97. The van der Waals surface area contributed by atoms with Crippen LogP contribution in [0.4, 0.5) is 0 Å². The number of morpholine rings is 2. The Labute approximate surface area is 144 Å². The molecule has 1 N–H and O–H groups in total. The smallest absolute Gasteiger partial charge is 0.249 e. The van der Waals surface area contributed by atoms with Crippen LogP contribution in [-0.4, -0.2) is 70.0 Å². The van der Waals surface area contributed by atoms with E-state index in [-0.39, 0.29) is 30.7 Å². The third-order valence-corrected chi connectivity index (χ3v) is 7.09. The lowest BCUT2D eigenvalue weighted by Gasteiger charge is -2.49. The highest BCUT2D eigenvalue weighted by Gasteiger charge is 2.46. The van der Waals surface area contributed by atoms with Crippen LogP contribution in [0.5, 0.6) is 0 Å². The topological polar surface area (TPSA) is 84.9 Å². The van der Waals surface area contributed by atoms with E-state index in [2.05, 4.69) is 18.6 Å². The average Bonchev–Trinajstić information content (AvgIpc) is 2.49. The summed E-state index contributed by atoms with van der Waals surface area (Å²) in [4.78, 5) is 13.8. The summed E-state index contributed by atoms with van der Waals surface area (Å²) in [5, 5.41) is 0. The second-order valence-electron chi connectivity index (χ2n) is 7.76. The molecule has 3 rings (SSSR count). The Morgan fingerprint density at radius 2 is 2.00 bits per heavy atom. The third kappa shape index (κ3) is 3.76. The number of amides is 1. The lowest BCUT2D eigenvalue weighted by molar-refractivity contribution is -0.175. The zero-order valence-electron chi connectivity index (χ0n) is 14.5. The van der Waals surface area contributed by atoms with Gasteiger partial charge in [0.15, 0.2) is 0 Å². The van der Waals surface area contributed by atoms with Gasteiger partial charge in [-0.05, 0) is 30.6 Å². The van der Waals surface area contributed by atoms with Gasteiger partial charge >= 0.3 is 0 Å². The summed E-state index contributed by atoms with van der Waals surface area (Å²) >= 11 is 0. The van der Waals surface area contributed by atoms with Crippen molar-refractivity contribution in [2.75, 3.05) is 45.3 Å². The second kappa shape index (κ2) is 6.90. The van der Waals surface area contributed by atoms with Gasteiger partial charge in [0.25, 0.3) is 0 Å². The van der Waals surface area contributed by atoms with Crippen LogP contribution >= 0.6 is 0 Å². The first-order chi connectivity index (χ1) is 11.3. The molecular formula is C16H28N2O5S. The Balaban J connectivity index is 1.56. The van der Waals surface area contributed by atoms with Gasteiger partial charge in [0.2, 0.25) is 15.9 Å². The molecule has 1 saturated carbocycles. The summed E-state index contributed by atoms with van der Waals surface area (Å²) in [6.45, 7) is 6.17. The molecule has 0 aromatic carbocycles. The van der Waals surface area contributed by atoms with Crippen molar-refractivity contribution >= 4 is 15.9 Å². The van der Waals surface area contributed by atoms with E-state index in [1.807, 2.05) is 0 Å².